The smallest absolute Gasteiger partial charge is 0.305 e. The van der Waals surface area contributed by atoms with E-state index >= 15 is 0 Å². The standard InChI is InChI=1S/C79H153NO5/c1-3-5-7-9-11-13-15-17-19-21-23-33-36-39-43-47-51-55-59-63-67-71-77(82)76(75-81)80-78(83)72-68-64-60-56-52-48-44-40-37-34-31-29-27-25-24-26-28-30-32-35-38-42-46-50-54-58-62-66-70-74-85-79(84)73-69-65-61-57-53-49-45-41-22-20-18-16-14-12-10-8-6-4-2/h14,16,20,22,76-77,81-82H,3-13,15,17-19,21,23-75H2,1-2H3,(H,80,83)/b16-14-,22-20-. The summed E-state index contributed by atoms with van der Waals surface area (Å²) in [4.78, 5) is 24.7. The van der Waals surface area contributed by atoms with Gasteiger partial charge in [0.2, 0.25) is 5.91 Å². The van der Waals surface area contributed by atoms with Crippen LogP contribution in [0.25, 0.3) is 0 Å². The van der Waals surface area contributed by atoms with Crippen molar-refractivity contribution in [2.24, 2.45) is 0 Å². The maximum Gasteiger partial charge on any atom is 0.305 e. The van der Waals surface area contributed by atoms with E-state index in [2.05, 4.69) is 43.5 Å². The lowest BCUT2D eigenvalue weighted by molar-refractivity contribution is -0.143. The second-order valence-electron chi connectivity index (χ2n) is 27.0. The van der Waals surface area contributed by atoms with Crippen molar-refractivity contribution >= 4 is 11.9 Å². The number of rotatable bonds is 74. The predicted molar refractivity (Wildman–Crippen MR) is 375 cm³/mol. The summed E-state index contributed by atoms with van der Waals surface area (Å²) in [6, 6.07) is -0.540. The second kappa shape index (κ2) is 74.8. The van der Waals surface area contributed by atoms with Crippen LogP contribution in [0.1, 0.15) is 444 Å². The van der Waals surface area contributed by atoms with E-state index in [4.69, 9.17) is 4.74 Å². The highest BCUT2D eigenvalue weighted by Gasteiger charge is 2.20. The summed E-state index contributed by atoms with van der Waals surface area (Å²) in [5.74, 6) is -0.0131. The van der Waals surface area contributed by atoms with Crippen LogP contribution in [0.3, 0.4) is 0 Å². The maximum absolute atomic E-state index is 12.6. The molecule has 0 heterocycles. The van der Waals surface area contributed by atoms with Gasteiger partial charge in [-0.15, -0.1) is 0 Å². The van der Waals surface area contributed by atoms with Crippen molar-refractivity contribution in [2.75, 3.05) is 13.2 Å². The number of aliphatic hydroxyl groups is 2. The highest BCUT2D eigenvalue weighted by Crippen LogP contribution is 2.20. The SMILES string of the molecule is CCCCCC/C=C\C/C=C\CCCCCCCCCC(=O)OCCCCCCCCCCCCCCCCCCCCCCCCCCCCCCCC(=O)NC(CO)C(O)CCCCCCCCCCCCCCCCCCCCCCC. The summed E-state index contributed by atoms with van der Waals surface area (Å²) in [6.45, 7) is 4.99. The molecule has 2 unspecified atom stereocenters. The van der Waals surface area contributed by atoms with Crippen molar-refractivity contribution in [3.8, 4) is 0 Å². The van der Waals surface area contributed by atoms with Gasteiger partial charge in [-0.1, -0.05) is 398 Å². The molecule has 6 nitrogen and oxygen atoms in total. The Morgan fingerprint density at radius 3 is 0.906 bits per heavy atom. The van der Waals surface area contributed by atoms with Crippen molar-refractivity contribution in [2.45, 2.75) is 456 Å². The summed E-state index contributed by atoms with van der Waals surface area (Å²) < 4.78 is 5.51. The Labute approximate surface area is 532 Å². The largest absolute Gasteiger partial charge is 0.466 e. The predicted octanol–water partition coefficient (Wildman–Crippen LogP) is 25.7. The summed E-state index contributed by atoms with van der Waals surface area (Å²) in [7, 11) is 0. The van der Waals surface area contributed by atoms with Crippen LogP contribution < -0.4 is 5.32 Å². The van der Waals surface area contributed by atoms with Crippen molar-refractivity contribution < 1.29 is 24.5 Å². The molecule has 0 bridgehead atoms. The third-order valence-corrected chi connectivity index (χ3v) is 18.5. The fraction of sp³-hybridized carbons (Fsp3) is 0.924. The molecule has 0 fully saturated rings. The topological polar surface area (TPSA) is 95.9 Å². The van der Waals surface area contributed by atoms with Gasteiger partial charge < -0.3 is 20.3 Å². The average Bonchev–Trinajstić information content (AvgIpc) is 3.51. The zero-order valence-corrected chi connectivity index (χ0v) is 57.9. The van der Waals surface area contributed by atoms with Crippen LogP contribution in [0.15, 0.2) is 24.3 Å². The lowest BCUT2D eigenvalue weighted by Crippen LogP contribution is -2.45. The first-order valence-corrected chi connectivity index (χ1v) is 39.1. The van der Waals surface area contributed by atoms with Gasteiger partial charge in [0.25, 0.3) is 0 Å². The molecule has 0 aliphatic carbocycles. The van der Waals surface area contributed by atoms with Crippen LogP contribution in [0.2, 0.25) is 0 Å². The van der Waals surface area contributed by atoms with Gasteiger partial charge in [-0.3, -0.25) is 9.59 Å². The van der Waals surface area contributed by atoms with Crippen LogP contribution in [0.4, 0.5) is 0 Å². The third-order valence-electron chi connectivity index (χ3n) is 18.5. The first kappa shape index (κ1) is 83.3. The number of aliphatic hydroxyl groups excluding tert-OH is 2. The highest BCUT2D eigenvalue weighted by atomic mass is 16.5. The van der Waals surface area contributed by atoms with Gasteiger partial charge in [-0.05, 0) is 57.8 Å². The van der Waals surface area contributed by atoms with E-state index < -0.39 is 12.1 Å². The van der Waals surface area contributed by atoms with Crippen molar-refractivity contribution in [1.29, 1.82) is 0 Å². The molecular formula is C79H153NO5. The summed E-state index contributed by atoms with van der Waals surface area (Å²) in [5.41, 5.74) is 0. The number of ether oxygens (including phenoxy) is 1. The van der Waals surface area contributed by atoms with E-state index in [1.54, 1.807) is 0 Å². The second-order valence-corrected chi connectivity index (χ2v) is 27.0. The van der Waals surface area contributed by atoms with E-state index in [1.165, 1.54) is 360 Å². The monoisotopic (exact) mass is 1200 g/mol. The molecule has 0 radical (unpaired) electrons. The molecule has 1 amide bonds. The van der Waals surface area contributed by atoms with E-state index in [-0.39, 0.29) is 18.5 Å². The van der Waals surface area contributed by atoms with E-state index in [0.717, 1.165) is 51.4 Å². The molecule has 2 atom stereocenters. The molecule has 0 saturated heterocycles. The minimum absolute atomic E-state index is 0.0132. The van der Waals surface area contributed by atoms with Crippen molar-refractivity contribution in [3.05, 3.63) is 24.3 Å². The molecule has 0 aliphatic heterocycles. The molecule has 0 saturated carbocycles. The van der Waals surface area contributed by atoms with E-state index in [0.29, 0.717) is 25.9 Å². The lowest BCUT2D eigenvalue weighted by Gasteiger charge is -2.22. The number of carbonyl (C=O) groups excluding carboxylic acids is 2. The number of unbranched alkanes of at least 4 members (excludes halogenated alkanes) is 59. The Morgan fingerprint density at radius 1 is 0.329 bits per heavy atom. The molecule has 3 N–H and O–H groups in total. The Morgan fingerprint density at radius 2 is 0.588 bits per heavy atom. The Kier molecular flexibility index (Phi) is 73.3. The van der Waals surface area contributed by atoms with Crippen molar-refractivity contribution in [3.63, 3.8) is 0 Å². The summed E-state index contributed by atoms with van der Waals surface area (Å²) in [5, 5.41) is 23.5. The summed E-state index contributed by atoms with van der Waals surface area (Å²) >= 11 is 0. The number of allylic oxidation sites excluding steroid dienone is 4. The van der Waals surface area contributed by atoms with Crippen LogP contribution in [-0.4, -0.2) is 47.4 Å². The average molecular weight is 1200 g/mol. The number of hydrogen-bond donors (Lipinski definition) is 3. The molecule has 6 heteroatoms. The Bertz CT molecular complexity index is 1330. The molecule has 0 rings (SSSR count). The lowest BCUT2D eigenvalue weighted by atomic mass is 10.0. The van der Waals surface area contributed by atoms with Crippen LogP contribution in [-0.2, 0) is 14.3 Å². The Hall–Kier alpha value is -1.66. The van der Waals surface area contributed by atoms with Crippen LogP contribution in [0.5, 0.6) is 0 Å². The van der Waals surface area contributed by atoms with Crippen molar-refractivity contribution in [1.82, 2.24) is 5.32 Å². The minimum Gasteiger partial charge on any atom is -0.466 e. The molecule has 504 valence electrons. The Balaban J connectivity index is 3.34. The van der Waals surface area contributed by atoms with Gasteiger partial charge in [-0.25, -0.2) is 0 Å². The molecule has 0 aromatic rings. The molecule has 0 aliphatic rings. The van der Waals surface area contributed by atoms with Gasteiger partial charge in [0.1, 0.15) is 0 Å². The zero-order chi connectivity index (χ0) is 61.3. The summed E-state index contributed by atoms with van der Waals surface area (Å²) in [6.07, 6.45) is 95.4. The minimum atomic E-state index is -0.663. The number of carbonyl (C=O) groups is 2. The van der Waals surface area contributed by atoms with E-state index in [9.17, 15) is 19.8 Å². The van der Waals surface area contributed by atoms with Crippen LogP contribution in [0, 0.1) is 0 Å². The number of amides is 1. The fourth-order valence-corrected chi connectivity index (χ4v) is 12.6. The quantitative estimate of drug-likeness (QED) is 0.0320. The fourth-order valence-electron chi connectivity index (χ4n) is 12.6. The maximum atomic E-state index is 12.6. The van der Waals surface area contributed by atoms with Gasteiger partial charge in [-0.2, -0.15) is 0 Å². The first-order chi connectivity index (χ1) is 42.0. The zero-order valence-electron chi connectivity index (χ0n) is 57.9. The molecule has 0 spiro atoms. The van der Waals surface area contributed by atoms with Gasteiger partial charge >= 0.3 is 5.97 Å². The molecular weight excluding hydrogens is 1040 g/mol. The number of esters is 1. The number of hydrogen-bond acceptors (Lipinski definition) is 5. The van der Waals surface area contributed by atoms with Gasteiger partial charge in [0, 0.05) is 12.8 Å². The molecule has 0 aromatic carbocycles. The first-order valence-electron chi connectivity index (χ1n) is 39.1. The molecule has 0 aromatic heterocycles. The molecule has 85 heavy (non-hydrogen) atoms. The number of nitrogens with one attached hydrogen (secondary N) is 1. The third kappa shape index (κ3) is 71.3. The normalized spacial score (nSPS) is 12.6. The van der Waals surface area contributed by atoms with E-state index in [1.807, 2.05) is 0 Å². The van der Waals surface area contributed by atoms with Gasteiger partial charge in [0.15, 0.2) is 0 Å². The highest BCUT2D eigenvalue weighted by molar-refractivity contribution is 5.76. The van der Waals surface area contributed by atoms with Crippen LogP contribution >= 0.6 is 0 Å². The van der Waals surface area contributed by atoms with Gasteiger partial charge in [0.05, 0.1) is 25.4 Å².